The molecule has 2 atom stereocenters. The largest absolute Gasteiger partial charge is 0.390 e. The van der Waals surface area contributed by atoms with Gasteiger partial charge in [-0.1, -0.05) is 0 Å². The van der Waals surface area contributed by atoms with Gasteiger partial charge >= 0.3 is 0 Å². The minimum atomic E-state index is -0.982. The monoisotopic (exact) mass is 229 g/mol. The molecule has 1 rings (SSSR count). The zero-order valence-electron chi connectivity index (χ0n) is 8.51. The van der Waals surface area contributed by atoms with Gasteiger partial charge in [0.05, 0.1) is 11.0 Å². The SMILES string of the molecule is CNCCC(O)C(O)c1ccsc1C=O. The highest BCUT2D eigenvalue weighted by Crippen LogP contribution is 2.25. The summed E-state index contributed by atoms with van der Waals surface area (Å²) in [6.45, 7) is 0.624. The Labute approximate surface area is 92.6 Å². The predicted molar refractivity (Wildman–Crippen MR) is 59.2 cm³/mol. The Balaban J connectivity index is 2.66. The summed E-state index contributed by atoms with van der Waals surface area (Å²) in [5.74, 6) is 0. The van der Waals surface area contributed by atoms with Gasteiger partial charge in [-0.3, -0.25) is 4.79 Å². The van der Waals surface area contributed by atoms with E-state index in [2.05, 4.69) is 5.32 Å². The molecule has 0 radical (unpaired) electrons. The summed E-state index contributed by atoms with van der Waals surface area (Å²) in [4.78, 5) is 11.1. The van der Waals surface area contributed by atoms with Gasteiger partial charge in [0.1, 0.15) is 6.10 Å². The molecule has 0 saturated carbocycles. The molecule has 0 amide bonds. The van der Waals surface area contributed by atoms with Crippen LogP contribution in [-0.2, 0) is 0 Å². The van der Waals surface area contributed by atoms with Crippen molar-refractivity contribution in [2.45, 2.75) is 18.6 Å². The van der Waals surface area contributed by atoms with E-state index in [1.54, 1.807) is 18.5 Å². The maximum absolute atomic E-state index is 10.6. The molecule has 5 heteroatoms. The summed E-state index contributed by atoms with van der Waals surface area (Å²) in [5.41, 5.74) is 0.513. The highest BCUT2D eigenvalue weighted by molar-refractivity contribution is 7.11. The van der Waals surface area contributed by atoms with Crippen molar-refractivity contribution in [3.63, 3.8) is 0 Å². The van der Waals surface area contributed by atoms with E-state index < -0.39 is 12.2 Å². The number of aliphatic hydroxyl groups is 2. The van der Waals surface area contributed by atoms with Crippen LogP contribution in [0.2, 0.25) is 0 Å². The van der Waals surface area contributed by atoms with Crippen LogP contribution in [0.15, 0.2) is 11.4 Å². The number of nitrogens with one attached hydrogen (secondary N) is 1. The number of aldehydes is 1. The van der Waals surface area contributed by atoms with Crippen LogP contribution in [0.5, 0.6) is 0 Å². The number of hydrogen-bond acceptors (Lipinski definition) is 5. The van der Waals surface area contributed by atoms with E-state index in [0.29, 0.717) is 29.7 Å². The molecule has 84 valence electrons. The first-order valence-corrected chi connectivity index (χ1v) is 5.62. The van der Waals surface area contributed by atoms with Gasteiger partial charge in [-0.2, -0.15) is 0 Å². The lowest BCUT2D eigenvalue weighted by Gasteiger charge is -2.17. The molecule has 0 bridgehead atoms. The Hall–Kier alpha value is -0.750. The molecule has 1 aromatic rings. The molecule has 0 aliphatic heterocycles. The Bertz CT molecular complexity index is 313. The van der Waals surface area contributed by atoms with E-state index in [9.17, 15) is 15.0 Å². The van der Waals surface area contributed by atoms with Gasteiger partial charge in [0.25, 0.3) is 0 Å². The molecule has 15 heavy (non-hydrogen) atoms. The number of carbonyl (C=O) groups is 1. The maximum Gasteiger partial charge on any atom is 0.160 e. The van der Waals surface area contributed by atoms with Gasteiger partial charge in [-0.25, -0.2) is 0 Å². The standard InChI is InChI=1S/C10H15NO3S/c1-11-4-2-8(13)10(14)7-3-5-15-9(7)6-12/h3,5-6,8,10-11,13-14H,2,4H2,1H3. The molecule has 3 N–H and O–H groups in total. The molecule has 0 saturated heterocycles. The second-order valence-electron chi connectivity index (χ2n) is 3.26. The minimum absolute atomic E-state index is 0.450. The summed E-state index contributed by atoms with van der Waals surface area (Å²) in [6, 6.07) is 1.67. The highest BCUT2D eigenvalue weighted by atomic mass is 32.1. The smallest absolute Gasteiger partial charge is 0.160 e. The van der Waals surface area contributed by atoms with E-state index in [0.717, 1.165) is 0 Å². The van der Waals surface area contributed by atoms with Crippen LogP contribution >= 0.6 is 11.3 Å². The first-order valence-electron chi connectivity index (χ1n) is 4.74. The molecule has 0 fully saturated rings. The zero-order chi connectivity index (χ0) is 11.3. The highest BCUT2D eigenvalue weighted by Gasteiger charge is 2.21. The normalized spacial score (nSPS) is 14.9. The summed E-state index contributed by atoms with van der Waals surface area (Å²) < 4.78 is 0. The lowest BCUT2D eigenvalue weighted by Crippen LogP contribution is -2.23. The lowest BCUT2D eigenvalue weighted by molar-refractivity contribution is 0.0140. The van der Waals surface area contributed by atoms with Crippen molar-refractivity contribution in [3.05, 3.63) is 21.9 Å². The first kappa shape index (κ1) is 12.3. The third kappa shape index (κ3) is 3.10. The molecule has 2 unspecified atom stereocenters. The minimum Gasteiger partial charge on any atom is -0.390 e. The van der Waals surface area contributed by atoms with Crippen LogP contribution in [-0.4, -0.2) is 36.2 Å². The number of hydrogen-bond donors (Lipinski definition) is 3. The van der Waals surface area contributed by atoms with E-state index >= 15 is 0 Å². The molecule has 1 heterocycles. The molecular weight excluding hydrogens is 214 g/mol. The maximum atomic E-state index is 10.6. The second kappa shape index (κ2) is 5.97. The average molecular weight is 229 g/mol. The fourth-order valence-corrected chi connectivity index (χ4v) is 2.07. The van der Waals surface area contributed by atoms with Crippen LogP contribution in [0.1, 0.15) is 27.8 Å². The van der Waals surface area contributed by atoms with Crippen LogP contribution in [0.25, 0.3) is 0 Å². The van der Waals surface area contributed by atoms with E-state index in [1.165, 1.54) is 11.3 Å². The Kier molecular flexibility index (Phi) is 4.90. The van der Waals surface area contributed by atoms with Crippen LogP contribution in [0.4, 0.5) is 0 Å². The summed E-state index contributed by atoms with van der Waals surface area (Å²) in [6.07, 6.45) is -0.671. The Morgan fingerprint density at radius 2 is 2.33 bits per heavy atom. The Morgan fingerprint density at radius 3 is 2.93 bits per heavy atom. The van der Waals surface area contributed by atoms with Gasteiger partial charge in [0.15, 0.2) is 6.29 Å². The van der Waals surface area contributed by atoms with Crippen molar-refractivity contribution in [3.8, 4) is 0 Å². The fraction of sp³-hybridized carbons (Fsp3) is 0.500. The van der Waals surface area contributed by atoms with Crippen molar-refractivity contribution in [2.24, 2.45) is 0 Å². The second-order valence-corrected chi connectivity index (χ2v) is 4.21. The van der Waals surface area contributed by atoms with E-state index in [1.807, 2.05) is 0 Å². The van der Waals surface area contributed by atoms with Gasteiger partial charge in [0, 0.05) is 5.56 Å². The molecule has 0 spiro atoms. The number of carbonyl (C=O) groups excluding carboxylic acids is 1. The van der Waals surface area contributed by atoms with Gasteiger partial charge in [0.2, 0.25) is 0 Å². The third-order valence-corrected chi connectivity index (χ3v) is 3.07. The summed E-state index contributed by atoms with van der Waals surface area (Å²) in [5, 5.41) is 24.0. The number of rotatable bonds is 6. The van der Waals surface area contributed by atoms with Crippen molar-refractivity contribution in [1.82, 2.24) is 5.32 Å². The molecule has 0 aliphatic rings. The van der Waals surface area contributed by atoms with Crippen molar-refractivity contribution < 1.29 is 15.0 Å². The lowest BCUT2D eigenvalue weighted by atomic mass is 10.0. The number of thiophene rings is 1. The van der Waals surface area contributed by atoms with Crippen LogP contribution < -0.4 is 5.32 Å². The molecule has 1 aromatic heterocycles. The predicted octanol–water partition coefficient (Wildman–Crippen LogP) is 0.564. The van der Waals surface area contributed by atoms with Gasteiger partial charge in [-0.05, 0) is 31.5 Å². The zero-order valence-corrected chi connectivity index (χ0v) is 9.33. The molecule has 4 nitrogen and oxygen atoms in total. The van der Waals surface area contributed by atoms with Crippen LogP contribution in [0.3, 0.4) is 0 Å². The van der Waals surface area contributed by atoms with E-state index in [-0.39, 0.29) is 0 Å². The van der Waals surface area contributed by atoms with Crippen LogP contribution in [0, 0.1) is 0 Å². The Morgan fingerprint density at radius 1 is 1.60 bits per heavy atom. The van der Waals surface area contributed by atoms with Gasteiger partial charge < -0.3 is 15.5 Å². The third-order valence-electron chi connectivity index (χ3n) is 2.21. The first-order chi connectivity index (χ1) is 7.20. The van der Waals surface area contributed by atoms with Crippen molar-refractivity contribution in [2.75, 3.05) is 13.6 Å². The van der Waals surface area contributed by atoms with Crippen molar-refractivity contribution >= 4 is 17.6 Å². The molecule has 0 aliphatic carbocycles. The van der Waals surface area contributed by atoms with E-state index in [4.69, 9.17) is 0 Å². The quantitative estimate of drug-likeness (QED) is 0.624. The van der Waals surface area contributed by atoms with Crippen molar-refractivity contribution in [1.29, 1.82) is 0 Å². The average Bonchev–Trinajstić information content (AvgIpc) is 2.72. The molecular formula is C10H15NO3S. The summed E-state index contributed by atoms with van der Waals surface area (Å²) in [7, 11) is 1.78. The topological polar surface area (TPSA) is 69.6 Å². The molecule has 0 aromatic carbocycles. The fourth-order valence-electron chi connectivity index (χ4n) is 1.33. The van der Waals surface area contributed by atoms with Gasteiger partial charge in [-0.15, -0.1) is 11.3 Å². The number of aliphatic hydroxyl groups excluding tert-OH is 2. The summed E-state index contributed by atoms with van der Waals surface area (Å²) >= 11 is 1.26.